The molecule has 0 aromatic heterocycles. The molecule has 17 heavy (non-hydrogen) atoms. The van der Waals surface area contributed by atoms with Crippen LogP contribution in [0.15, 0.2) is 54.6 Å². The Morgan fingerprint density at radius 3 is 2.18 bits per heavy atom. The van der Waals surface area contributed by atoms with Crippen molar-refractivity contribution in [1.29, 1.82) is 0 Å². The number of hydrogen-bond acceptors (Lipinski definition) is 0. The van der Waals surface area contributed by atoms with Crippen molar-refractivity contribution in [3.8, 4) is 0 Å². The Balaban J connectivity index is 2.37. The Bertz CT molecular complexity index is 498. The van der Waals surface area contributed by atoms with Gasteiger partial charge < -0.3 is 0 Å². The predicted octanol–water partition coefficient (Wildman–Crippen LogP) is 3.46. The van der Waals surface area contributed by atoms with Gasteiger partial charge in [-0.05, 0) is 16.8 Å². The fraction of sp³-hybridized carbons (Fsp3) is 0.125. The van der Waals surface area contributed by atoms with Crippen molar-refractivity contribution in [2.75, 3.05) is 0 Å². The van der Waals surface area contributed by atoms with Gasteiger partial charge in [0.05, 0.1) is 0 Å². The van der Waals surface area contributed by atoms with E-state index in [0.717, 1.165) is 10.8 Å². The summed E-state index contributed by atoms with van der Waals surface area (Å²) in [5.74, 6) is 0. The second-order valence-corrected chi connectivity index (χ2v) is 9.06. The number of hydrogen-bond donors (Lipinski definition) is 0. The van der Waals surface area contributed by atoms with Gasteiger partial charge in [-0.2, -0.15) is 0 Å². The topological polar surface area (TPSA) is 0 Å². The first kappa shape index (κ1) is 11.9. The molecule has 0 saturated heterocycles. The van der Waals surface area contributed by atoms with Crippen molar-refractivity contribution < 1.29 is 0 Å². The van der Waals surface area contributed by atoms with E-state index in [1.54, 1.807) is 0 Å². The van der Waals surface area contributed by atoms with Crippen LogP contribution in [0.25, 0.3) is 5.20 Å². The van der Waals surface area contributed by atoms with Gasteiger partial charge in [0.25, 0.3) is 0 Å². The van der Waals surface area contributed by atoms with Crippen LogP contribution in [0.1, 0.15) is 5.56 Å². The van der Waals surface area contributed by atoms with Crippen molar-refractivity contribution in [2.45, 2.75) is 13.1 Å². The van der Waals surface area contributed by atoms with Crippen molar-refractivity contribution >= 4 is 18.5 Å². The SMILES string of the molecule is [CH]=C(c1cc[c]cc1)[Si](C)(C)c1ccccc1. The lowest BCUT2D eigenvalue weighted by Gasteiger charge is -2.25. The van der Waals surface area contributed by atoms with Gasteiger partial charge in [-0.25, -0.2) is 0 Å². The smallest absolute Gasteiger partial charge is 0.0626 e. The lowest BCUT2D eigenvalue weighted by atomic mass is 10.2. The molecular weight excluding hydrogens is 220 g/mol. The molecule has 2 rings (SSSR count). The molecule has 1 heteroatoms. The average Bonchev–Trinajstić information content (AvgIpc) is 2.40. The van der Waals surface area contributed by atoms with Crippen LogP contribution in [-0.2, 0) is 0 Å². The van der Waals surface area contributed by atoms with Gasteiger partial charge in [0, 0.05) is 0 Å². The highest BCUT2D eigenvalue weighted by atomic mass is 28.3. The first-order chi connectivity index (χ1) is 8.12. The highest BCUT2D eigenvalue weighted by Gasteiger charge is 2.27. The first-order valence-electron chi connectivity index (χ1n) is 5.77. The van der Waals surface area contributed by atoms with Crippen LogP contribution in [0, 0.1) is 12.6 Å². The molecule has 0 saturated carbocycles. The van der Waals surface area contributed by atoms with Gasteiger partial charge in [-0.15, -0.1) is 0 Å². The maximum Gasteiger partial charge on any atom is 0.112 e. The van der Waals surface area contributed by atoms with Crippen LogP contribution >= 0.6 is 0 Å². The van der Waals surface area contributed by atoms with Crippen LogP contribution in [0.5, 0.6) is 0 Å². The first-order valence-corrected chi connectivity index (χ1v) is 8.77. The van der Waals surface area contributed by atoms with E-state index in [-0.39, 0.29) is 0 Å². The Morgan fingerprint density at radius 2 is 1.59 bits per heavy atom. The van der Waals surface area contributed by atoms with E-state index >= 15 is 0 Å². The summed E-state index contributed by atoms with van der Waals surface area (Å²) in [4.78, 5) is 0. The molecule has 0 N–H and O–H groups in total. The Labute approximate surface area is 105 Å². The van der Waals surface area contributed by atoms with Crippen molar-refractivity contribution in [3.63, 3.8) is 0 Å². The fourth-order valence-electron chi connectivity index (χ4n) is 1.94. The van der Waals surface area contributed by atoms with Crippen LogP contribution in [0.2, 0.25) is 13.1 Å². The molecule has 2 aromatic carbocycles. The maximum atomic E-state index is 6.37. The van der Waals surface area contributed by atoms with Crippen LogP contribution in [0.4, 0.5) is 0 Å². The standard InChI is InChI=1S/C16H16Si/c1-14(15-10-6-4-7-11-15)17(2,3)16-12-8-5-9-13-16/h1,5-13H,2-3H3. The third-order valence-corrected chi connectivity index (χ3v) is 6.61. The molecule has 0 amide bonds. The summed E-state index contributed by atoms with van der Waals surface area (Å²) >= 11 is 0. The Hall–Kier alpha value is -1.60. The molecule has 0 aliphatic heterocycles. The third-order valence-electron chi connectivity index (χ3n) is 3.20. The molecule has 84 valence electrons. The average molecular weight is 236 g/mol. The van der Waals surface area contributed by atoms with E-state index in [4.69, 9.17) is 6.58 Å². The summed E-state index contributed by atoms with van der Waals surface area (Å²) < 4.78 is 0. The maximum absolute atomic E-state index is 6.37. The normalized spacial score (nSPS) is 11.2. The van der Waals surface area contributed by atoms with E-state index in [0.29, 0.717) is 0 Å². The zero-order valence-electron chi connectivity index (χ0n) is 10.3. The van der Waals surface area contributed by atoms with Crippen molar-refractivity contribution in [3.05, 3.63) is 72.8 Å². The lowest BCUT2D eigenvalue weighted by Crippen LogP contribution is -2.42. The van der Waals surface area contributed by atoms with Crippen molar-refractivity contribution in [2.24, 2.45) is 0 Å². The molecule has 0 atom stereocenters. The Morgan fingerprint density at radius 1 is 1.00 bits per heavy atom. The molecule has 0 bridgehead atoms. The highest BCUT2D eigenvalue weighted by molar-refractivity contribution is 7.04. The molecule has 0 aliphatic rings. The van der Waals surface area contributed by atoms with Gasteiger partial charge in [-0.3, -0.25) is 0 Å². The van der Waals surface area contributed by atoms with Gasteiger partial charge in [-0.1, -0.05) is 79.5 Å². The molecule has 0 aliphatic carbocycles. The lowest BCUT2D eigenvalue weighted by molar-refractivity contribution is 1.61. The number of rotatable bonds is 3. The summed E-state index contributed by atoms with van der Waals surface area (Å²) in [6, 6.07) is 21.5. The van der Waals surface area contributed by atoms with E-state index in [1.807, 2.05) is 30.3 Å². The second-order valence-electron chi connectivity index (χ2n) is 4.69. The van der Waals surface area contributed by atoms with Gasteiger partial charge in [0.2, 0.25) is 0 Å². The predicted molar refractivity (Wildman–Crippen MR) is 76.5 cm³/mol. The highest BCUT2D eigenvalue weighted by Crippen LogP contribution is 2.23. The number of benzene rings is 2. The van der Waals surface area contributed by atoms with Crippen LogP contribution in [0.3, 0.4) is 0 Å². The van der Waals surface area contributed by atoms with Gasteiger partial charge in [0.1, 0.15) is 8.07 Å². The van der Waals surface area contributed by atoms with E-state index in [2.05, 4.69) is 43.4 Å². The summed E-state index contributed by atoms with van der Waals surface area (Å²) in [5, 5.41) is 2.39. The van der Waals surface area contributed by atoms with E-state index < -0.39 is 8.07 Å². The molecule has 2 radical (unpaired) electrons. The Kier molecular flexibility index (Phi) is 3.30. The molecule has 0 unspecified atom stereocenters. The molecule has 0 spiro atoms. The largest absolute Gasteiger partial charge is 0.112 e. The molecular formula is C16H16Si. The quantitative estimate of drug-likeness (QED) is 0.716. The minimum Gasteiger partial charge on any atom is -0.0626 e. The monoisotopic (exact) mass is 236 g/mol. The molecule has 0 heterocycles. The molecule has 2 aromatic rings. The molecule has 0 nitrogen and oxygen atoms in total. The summed E-state index contributed by atoms with van der Waals surface area (Å²) in [5.41, 5.74) is 1.13. The fourth-order valence-corrected chi connectivity index (χ4v) is 4.16. The summed E-state index contributed by atoms with van der Waals surface area (Å²) in [7, 11) is -1.74. The summed E-state index contributed by atoms with van der Waals surface area (Å²) in [6.07, 6.45) is 0. The third kappa shape index (κ3) is 2.39. The van der Waals surface area contributed by atoms with E-state index in [9.17, 15) is 0 Å². The zero-order valence-corrected chi connectivity index (χ0v) is 11.3. The minimum absolute atomic E-state index is 1.03. The minimum atomic E-state index is -1.74. The van der Waals surface area contributed by atoms with E-state index in [1.165, 1.54) is 5.19 Å². The zero-order chi connectivity index (χ0) is 12.3. The van der Waals surface area contributed by atoms with Crippen LogP contribution in [-0.4, -0.2) is 8.07 Å². The molecule has 0 fully saturated rings. The van der Waals surface area contributed by atoms with Crippen molar-refractivity contribution in [1.82, 2.24) is 0 Å². The van der Waals surface area contributed by atoms with Gasteiger partial charge >= 0.3 is 0 Å². The van der Waals surface area contributed by atoms with Gasteiger partial charge in [0.15, 0.2) is 0 Å². The van der Waals surface area contributed by atoms with Crippen LogP contribution < -0.4 is 5.19 Å². The summed E-state index contributed by atoms with van der Waals surface area (Å²) in [6.45, 7) is 10.9. The second kappa shape index (κ2) is 4.72.